The molecule has 106 valence electrons. The highest BCUT2D eigenvalue weighted by atomic mass is 35.5. The average molecular weight is 304 g/mol. The van der Waals surface area contributed by atoms with Gasteiger partial charge >= 0.3 is 5.97 Å². The SMILES string of the molecule is CCC(C(=O)O)c1ccc(N(C(C)Cl)C(C)Cl)cc1. The van der Waals surface area contributed by atoms with Gasteiger partial charge < -0.3 is 10.0 Å². The van der Waals surface area contributed by atoms with Gasteiger partial charge in [0.1, 0.15) is 11.0 Å². The minimum Gasteiger partial charge on any atom is -0.481 e. The fourth-order valence-corrected chi connectivity index (χ4v) is 2.75. The lowest BCUT2D eigenvalue weighted by molar-refractivity contribution is -0.138. The number of carboxylic acids is 1. The van der Waals surface area contributed by atoms with E-state index in [1.807, 2.05) is 49.9 Å². The molecule has 0 radical (unpaired) electrons. The Morgan fingerprint density at radius 1 is 1.21 bits per heavy atom. The van der Waals surface area contributed by atoms with Crippen LogP contribution in [-0.2, 0) is 4.79 Å². The average Bonchev–Trinajstić information content (AvgIpc) is 2.30. The number of halogens is 2. The Hall–Kier alpha value is -0.930. The molecule has 19 heavy (non-hydrogen) atoms. The van der Waals surface area contributed by atoms with Gasteiger partial charge in [-0.25, -0.2) is 0 Å². The van der Waals surface area contributed by atoms with Crippen molar-refractivity contribution in [3.63, 3.8) is 0 Å². The Kier molecular flexibility index (Phi) is 5.95. The molecular formula is C14H19Cl2NO2. The molecule has 0 heterocycles. The Morgan fingerprint density at radius 2 is 1.68 bits per heavy atom. The first-order chi connectivity index (χ1) is 8.88. The Balaban J connectivity index is 3.01. The van der Waals surface area contributed by atoms with Crippen molar-refractivity contribution in [2.45, 2.75) is 44.1 Å². The lowest BCUT2D eigenvalue weighted by atomic mass is 9.96. The number of carbonyl (C=O) groups is 1. The summed E-state index contributed by atoms with van der Waals surface area (Å²) >= 11 is 12.2. The number of carboxylic acid groups (broad SMARTS) is 1. The number of rotatable bonds is 6. The van der Waals surface area contributed by atoms with Crippen LogP contribution in [0.25, 0.3) is 0 Å². The number of aliphatic carboxylic acids is 1. The normalized spacial score (nSPS) is 15.6. The van der Waals surface area contributed by atoms with Crippen molar-refractivity contribution >= 4 is 34.9 Å². The maximum Gasteiger partial charge on any atom is 0.310 e. The Labute approximate surface area is 124 Å². The lowest BCUT2D eigenvalue weighted by Crippen LogP contribution is -2.34. The zero-order valence-corrected chi connectivity index (χ0v) is 12.8. The third-order valence-electron chi connectivity index (χ3n) is 3.07. The van der Waals surface area contributed by atoms with Crippen molar-refractivity contribution < 1.29 is 9.90 Å². The van der Waals surface area contributed by atoms with E-state index in [2.05, 4.69) is 0 Å². The number of hydrogen-bond donors (Lipinski definition) is 1. The van der Waals surface area contributed by atoms with Crippen molar-refractivity contribution in [2.24, 2.45) is 0 Å². The van der Waals surface area contributed by atoms with E-state index in [0.29, 0.717) is 6.42 Å². The van der Waals surface area contributed by atoms with Gasteiger partial charge in [-0.3, -0.25) is 4.79 Å². The molecule has 1 aromatic rings. The molecule has 3 atom stereocenters. The molecule has 0 aliphatic heterocycles. The van der Waals surface area contributed by atoms with Crippen LogP contribution in [0.4, 0.5) is 5.69 Å². The Morgan fingerprint density at radius 3 is 2.00 bits per heavy atom. The molecule has 1 aromatic carbocycles. The first-order valence-corrected chi connectivity index (χ1v) is 7.15. The van der Waals surface area contributed by atoms with Crippen LogP contribution in [0.1, 0.15) is 38.7 Å². The lowest BCUT2D eigenvalue weighted by Gasteiger charge is -2.30. The fourth-order valence-electron chi connectivity index (χ4n) is 2.13. The summed E-state index contributed by atoms with van der Waals surface area (Å²) in [5.74, 6) is -1.27. The molecule has 1 N–H and O–H groups in total. The predicted molar refractivity (Wildman–Crippen MR) is 80.2 cm³/mol. The first-order valence-electron chi connectivity index (χ1n) is 6.27. The second-order valence-corrected chi connectivity index (χ2v) is 5.71. The van der Waals surface area contributed by atoms with Crippen molar-refractivity contribution in [3.8, 4) is 0 Å². The van der Waals surface area contributed by atoms with Crippen molar-refractivity contribution in [3.05, 3.63) is 29.8 Å². The van der Waals surface area contributed by atoms with Crippen LogP contribution in [0.5, 0.6) is 0 Å². The van der Waals surface area contributed by atoms with E-state index in [9.17, 15) is 4.79 Å². The van der Waals surface area contributed by atoms with Gasteiger partial charge in [0.2, 0.25) is 0 Å². The summed E-state index contributed by atoms with van der Waals surface area (Å²) < 4.78 is 0. The quantitative estimate of drug-likeness (QED) is 0.631. The minimum absolute atomic E-state index is 0.236. The standard InChI is InChI=1S/C14H19Cl2NO2/c1-4-13(14(18)19)11-5-7-12(8-6-11)17(9(2)15)10(3)16/h5-10,13H,4H2,1-3H3,(H,18,19). The van der Waals surface area contributed by atoms with Gasteiger partial charge in [-0.05, 0) is 38.0 Å². The highest BCUT2D eigenvalue weighted by Gasteiger charge is 2.20. The largest absolute Gasteiger partial charge is 0.481 e. The molecule has 3 unspecified atom stereocenters. The molecule has 0 amide bonds. The van der Waals surface area contributed by atoms with Crippen molar-refractivity contribution in [1.29, 1.82) is 0 Å². The van der Waals surface area contributed by atoms with E-state index in [0.717, 1.165) is 11.3 Å². The monoisotopic (exact) mass is 303 g/mol. The van der Waals surface area contributed by atoms with Crippen LogP contribution in [-0.4, -0.2) is 22.1 Å². The van der Waals surface area contributed by atoms with E-state index in [1.54, 1.807) is 0 Å². The van der Waals surface area contributed by atoms with Gasteiger partial charge in [-0.1, -0.05) is 42.3 Å². The summed E-state index contributed by atoms with van der Waals surface area (Å²) in [7, 11) is 0. The highest BCUT2D eigenvalue weighted by Crippen LogP contribution is 2.27. The molecule has 0 saturated carbocycles. The number of alkyl halides is 2. The zero-order valence-electron chi connectivity index (χ0n) is 11.3. The number of benzene rings is 1. The summed E-state index contributed by atoms with van der Waals surface area (Å²) in [5.41, 5.74) is 1.21. The smallest absolute Gasteiger partial charge is 0.310 e. The fraction of sp³-hybridized carbons (Fsp3) is 0.500. The summed E-state index contributed by atoms with van der Waals surface area (Å²) in [6.07, 6.45) is 0.566. The van der Waals surface area contributed by atoms with E-state index < -0.39 is 11.9 Å². The van der Waals surface area contributed by atoms with Crippen LogP contribution in [0.2, 0.25) is 0 Å². The number of nitrogens with zero attached hydrogens (tertiary/aromatic N) is 1. The minimum atomic E-state index is -0.802. The number of anilines is 1. The maximum atomic E-state index is 11.1. The van der Waals surface area contributed by atoms with Gasteiger partial charge in [-0.15, -0.1) is 0 Å². The van der Waals surface area contributed by atoms with E-state index in [4.69, 9.17) is 28.3 Å². The maximum absolute atomic E-state index is 11.1. The van der Waals surface area contributed by atoms with Gasteiger partial charge in [0, 0.05) is 5.69 Å². The highest BCUT2D eigenvalue weighted by molar-refractivity contribution is 6.25. The van der Waals surface area contributed by atoms with Gasteiger partial charge in [0.25, 0.3) is 0 Å². The van der Waals surface area contributed by atoms with Crippen molar-refractivity contribution in [2.75, 3.05) is 4.90 Å². The molecule has 0 aromatic heterocycles. The third-order valence-corrected chi connectivity index (χ3v) is 3.49. The summed E-state index contributed by atoms with van der Waals surface area (Å²) in [4.78, 5) is 13.0. The van der Waals surface area contributed by atoms with E-state index in [-0.39, 0.29) is 11.0 Å². The Bertz CT molecular complexity index is 410. The van der Waals surface area contributed by atoms with Gasteiger partial charge in [0.05, 0.1) is 5.92 Å². The molecule has 3 nitrogen and oxygen atoms in total. The molecule has 5 heteroatoms. The second kappa shape index (κ2) is 7.01. The molecule has 0 bridgehead atoms. The molecule has 0 fully saturated rings. The van der Waals surface area contributed by atoms with Crippen LogP contribution < -0.4 is 4.90 Å². The molecule has 0 aliphatic carbocycles. The summed E-state index contributed by atoms with van der Waals surface area (Å²) in [6, 6.07) is 7.36. The van der Waals surface area contributed by atoms with Crippen LogP contribution in [0.15, 0.2) is 24.3 Å². The molecule has 1 rings (SSSR count). The molecule has 0 aliphatic rings. The number of hydrogen-bond acceptors (Lipinski definition) is 2. The second-order valence-electron chi connectivity index (χ2n) is 4.45. The molecule has 0 spiro atoms. The van der Waals surface area contributed by atoms with E-state index >= 15 is 0 Å². The summed E-state index contributed by atoms with van der Waals surface area (Å²) in [6.45, 7) is 5.56. The third kappa shape index (κ3) is 4.02. The summed E-state index contributed by atoms with van der Waals surface area (Å²) in [5, 5.41) is 9.13. The van der Waals surface area contributed by atoms with Crippen LogP contribution in [0, 0.1) is 0 Å². The first kappa shape index (κ1) is 16.1. The van der Waals surface area contributed by atoms with Gasteiger partial charge in [-0.2, -0.15) is 0 Å². The van der Waals surface area contributed by atoms with E-state index in [1.165, 1.54) is 0 Å². The van der Waals surface area contributed by atoms with Crippen LogP contribution >= 0.6 is 23.2 Å². The topological polar surface area (TPSA) is 40.5 Å². The predicted octanol–water partition coefficient (Wildman–Crippen LogP) is 4.24. The van der Waals surface area contributed by atoms with Gasteiger partial charge in [0.15, 0.2) is 0 Å². The van der Waals surface area contributed by atoms with Crippen molar-refractivity contribution in [1.82, 2.24) is 0 Å². The molecular weight excluding hydrogens is 285 g/mol. The van der Waals surface area contributed by atoms with Crippen LogP contribution in [0.3, 0.4) is 0 Å². The zero-order chi connectivity index (χ0) is 14.6. The molecule has 0 saturated heterocycles.